The van der Waals surface area contributed by atoms with Crippen LogP contribution in [0.25, 0.3) is 0 Å². The van der Waals surface area contributed by atoms with E-state index in [0.717, 1.165) is 15.3 Å². The SMILES string of the molecule is O=C(NCc1ccc(C(O)c2ccccc2)s1)c1ccc(Cl)c(Cl)c1. The van der Waals surface area contributed by atoms with Crippen LogP contribution >= 0.6 is 34.5 Å². The molecule has 0 aliphatic heterocycles. The van der Waals surface area contributed by atoms with Gasteiger partial charge in [-0.2, -0.15) is 0 Å². The summed E-state index contributed by atoms with van der Waals surface area (Å²) in [7, 11) is 0. The second-order valence-corrected chi connectivity index (χ2v) is 7.44. The lowest BCUT2D eigenvalue weighted by atomic mass is 10.1. The van der Waals surface area contributed by atoms with Gasteiger partial charge in [-0.3, -0.25) is 4.79 Å². The van der Waals surface area contributed by atoms with Gasteiger partial charge < -0.3 is 10.4 Å². The zero-order chi connectivity index (χ0) is 17.8. The third-order valence-electron chi connectivity index (χ3n) is 3.67. The molecule has 25 heavy (non-hydrogen) atoms. The highest BCUT2D eigenvalue weighted by Gasteiger charge is 2.13. The average Bonchev–Trinajstić information content (AvgIpc) is 3.11. The topological polar surface area (TPSA) is 49.3 Å². The van der Waals surface area contributed by atoms with Gasteiger partial charge in [0.05, 0.1) is 16.6 Å². The molecule has 0 saturated heterocycles. The van der Waals surface area contributed by atoms with Gasteiger partial charge in [0.25, 0.3) is 5.91 Å². The standard InChI is InChI=1S/C19H15Cl2NO2S/c20-15-8-6-13(10-16(15)21)19(24)22-11-14-7-9-17(25-14)18(23)12-4-2-1-3-5-12/h1-10,18,23H,11H2,(H,22,24). The lowest BCUT2D eigenvalue weighted by Crippen LogP contribution is -2.22. The molecule has 0 aliphatic carbocycles. The van der Waals surface area contributed by atoms with E-state index in [1.54, 1.807) is 12.1 Å². The molecule has 0 radical (unpaired) electrons. The first kappa shape index (κ1) is 18.0. The third-order valence-corrected chi connectivity index (χ3v) is 5.55. The van der Waals surface area contributed by atoms with Crippen molar-refractivity contribution in [2.45, 2.75) is 12.6 Å². The smallest absolute Gasteiger partial charge is 0.251 e. The Hall–Kier alpha value is -1.85. The van der Waals surface area contributed by atoms with Crippen LogP contribution in [0.1, 0.15) is 31.8 Å². The molecule has 1 unspecified atom stereocenters. The molecule has 1 aromatic heterocycles. The summed E-state index contributed by atoms with van der Waals surface area (Å²) in [4.78, 5) is 14.0. The number of halogens is 2. The number of carbonyl (C=O) groups is 1. The van der Waals surface area contributed by atoms with Crippen molar-refractivity contribution in [3.63, 3.8) is 0 Å². The van der Waals surface area contributed by atoms with Crippen LogP contribution in [-0.2, 0) is 6.54 Å². The van der Waals surface area contributed by atoms with E-state index in [1.807, 2.05) is 42.5 Å². The van der Waals surface area contributed by atoms with E-state index in [2.05, 4.69) is 5.32 Å². The molecule has 3 rings (SSSR count). The zero-order valence-corrected chi connectivity index (χ0v) is 15.4. The molecule has 2 aromatic carbocycles. The maximum absolute atomic E-state index is 12.2. The van der Waals surface area contributed by atoms with Crippen LogP contribution in [0, 0.1) is 0 Å². The summed E-state index contributed by atoms with van der Waals surface area (Å²) in [6, 6.07) is 18.0. The van der Waals surface area contributed by atoms with Crippen LogP contribution in [0.4, 0.5) is 0 Å². The number of benzene rings is 2. The fraction of sp³-hybridized carbons (Fsp3) is 0.105. The van der Waals surface area contributed by atoms with E-state index in [1.165, 1.54) is 17.4 Å². The Balaban J connectivity index is 1.63. The Morgan fingerprint density at radius 1 is 1.04 bits per heavy atom. The van der Waals surface area contributed by atoms with E-state index in [-0.39, 0.29) is 5.91 Å². The summed E-state index contributed by atoms with van der Waals surface area (Å²) < 4.78 is 0. The normalized spacial score (nSPS) is 12.0. The van der Waals surface area contributed by atoms with Gasteiger partial charge in [0, 0.05) is 15.3 Å². The second-order valence-electron chi connectivity index (χ2n) is 5.43. The quantitative estimate of drug-likeness (QED) is 0.637. The van der Waals surface area contributed by atoms with Gasteiger partial charge >= 0.3 is 0 Å². The highest BCUT2D eigenvalue weighted by Crippen LogP contribution is 2.28. The molecule has 3 nitrogen and oxygen atoms in total. The average molecular weight is 392 g/mol. The Bertz CT molecular complexity index is 880. The number of amides is 1. The van der Waals surface area contributed by atoms with Gasteiger partial charge in [0.1, 0.15) is 6.10 Å². The summed E-state index contributed by atoms with van der Waals surface area (Å²) in [6.07, 6.45) is -0.661. The van der Waals surface area contributed by atoms with Gasteiger partial charge in [-0.05, 0) is 35.9 Å². The molecule has 1 heterocycles. The third kappa shape index (κ3) is 4.41. The Morgan fingerprint density at radius 2 is 1.80 bits per heavy atom. The van der Waals surface area contributed by atoms with Gasteiger partial charge in [0.15, 0.2) is 0 Å². The first-order valence-corrected chi connectivity index (χ1v) is 9.16. The number of hydrogen-bond acceptors (Lipinski definition) is 3. The van der Waals surface area contributed by atoms with E-state index in [4.69, 9.17) is 23.2 Å². The van der Waals surface area contributed by atoms with E-state index < -0.39 is 6.10 Å². The molecule has 6 heteroatoms. The van der Waals surface area contributed by atoms with Crippen LogP contribution in [-0.4, -0.2) is 11.0 Å². The number of aliphatic hydroxyl groups is 1. The summed E-state index contributed by atoms with van der Waals surface area (Å²) in [5.74, 6) is -0.225. The van der Waals surface area contributed by atoms with Crippen LogP contribution in [0.3, 0.4) is 0 Å². The largest absolute Gasteiger partial charge is 0.383 e. The molecule has 128 valence electrons. The molecule has 0 aliphatic rings. The van der Waals surface area contributed by atoms with Crippen LogP contribution < -0.4 is 5.32 Å². The van der Waals surface area contributed by atoms with Crippen molar-refractivity contribution in [1.29, 1.82) is 0 Å². The van der Waals surface area contributed by atoms with Gasteiger partial charge in [-0.25, -0.2) is 0 Å². The lowest BCUT2D eigenvalue weighted by molar-refractivity contribution is 0.0951. The van der Waals surface area contributed by atoms with Crippen molar-refractivity contribution in [2.24, 2.45) is 0 Å². The Kier molecular flexibility index (Phi) is 5.76. The molecule has 2 N–H and O–H groups in total. The van der Waals surface area contributed by atoms with Gasteiger partial charge in [0.2, 0.25) is 0 Å². The molecule has 3 aromatic rings. The highest BCUT2D eigenvalue weighted by atomic mass is 35.5. The van der Waals surface area contributed by atoms with Gasteiger partial charge in [-0.15, -0.1) is 11.3 Å². The highest BCUT2D eigenvalue weighted by molar-refractivity contribution is 7.12. The summed E-state index contributed by atoms with van der Waals surface area (Å²) in [5, 5.41) is 14.0. The molecule has 0 spiro atoms. The van der Waals surface area contributed by atoms with Crippen LogP contribution in [0.15, 0.2) is 60.7 Å². The monoisotopic (exact) mass is 391 g/mol. The van der Waals surface area contributed by atoms with Crippen LogP contribution in [0.2, 0.25) is 10.0 Å². The van der Waals surface area contributed by atoms with Crippen molar-refractivity contribution < 1.29 is 9.90 Å². The van der Waals surface area contributed by atoms with Crippen molar-refractivity contribution in [2.75, 3.05) is 0 Å². The Morgan fingerprint density at radius 3 is 2.52 bits per heavy atom. The molecule has 0 fully saturated rings. The zero-order valence-electron chi connectivity index (χ0n) is 13.1. The molecular weight excluding hydrogens is 377 g/mol. The summed E-state index contributed by atoms with van der Waals surface area (Å²) in [5.41, 5.74) is 1.30. The minimum absolute atomic E-state index is 0.225. The molecule has 0 bridgehead atoms. The second kappa shape index (κ2) is 8.02. The van der Waals surface area contributed by atoms with E-state index >= 15 is 0 Å². The predicted octanol–water partition coefficient (Wildman–Crippen LogP) is 5.07. The molecule has 1 atom stereocenters. The number of nitrogens with one attached hydrogen (secondary N) is 1. The Labute approximate surface area is 159 Å². The van der Waals surface area contributed by atoms with Crippen LogP contribution in [0.5, 0.6) is 0 Å². The first-order valence-electron chi connectivity index (χ1n) is 7.59. The minimum atomic E-state index is -0.661. The number of rotatable bonds is 5. The summed E-state index contributed by atoms with van der Waals surface area (Å²) in [6.45, 7) is 0.380. The molecular formula is C19H15Cl2NO2S. The maximum Gasteiger partial charge on any atom is 0.251 e. The fourth-order valence-corrected chi connectivity index (χ4v) is 3.61. The minimum Gasteiger partial charge on any atom is -0.383 e. The number of aliphatic hydroxyl groups excluding tert-OH is 1. The van der Waals surface area contributed by atoms with E-state index in [9.17, 15) is 9.90 Å². The van der Waals surface area contributed by atoms with Crippen molar-refractivity contribution in [3.8, 4) is 0 Å². The first-order chi connectivity index (χ1) is 12.0. The number of hydrogen-bond donors (Lipinski definition) is 2. The maximum atomic E-state index is 12.2. The van der Waals surface area contributed by atoms with Crippen molar-refractivity contribution >= 4 is 40.4 Å². The predicted molar refractivity (Wildman–Crippen MR) is 102 cm³/mol. The van der Waals surface area contributed by atoms with Crippen molar-refractivity contribution in [3.05, 3.63) is 91.6 Å². The molecule has 0 saturated carbocycles. The van der Waals surface area contributed by atoms with Crippen molar-refractivity contribution in [1.82, 2.24) is 5.32 Å². The number of carbonyl (C=O) groups excluding carboxylic acids is 1. The van der Waals surface area contributed by atoms with E-state index in [0.29, 0.717) is 22.2 Å². The van der Waals surface area contributed by atoms with Gasteiger partial charge in [-0.1, -0.05) is 53.5 Å². The number of thiophene rings is 1. The lowest BCUT2D eigenvalue weighted by Gasteiger charge is -2.08. The fourth-order valence-electron chi connectivity index (χ4n) is 2.34. The molecule has 1 amide bonds. The summed E-state index contributed by atoms with van der Waals surface area (Å²) >= 11 is 13.3.